The molecule has 1 aliphatic heterocycles. The summed E-state index contributed by atoms with van der Waals surface area (Å²) in [4.78, 5) is 24.3. The summed E-state index contributed by atoms with van der Waals surface area (Å²) >= 11 is 1.46. The fourth-order valence-electron chi connectivity index (χ4n) is 3.21. The maximum Gasteiger partial charge on any atom is 0.259 e. The third kappa shape index (κ3) is 5.21. The number of rotatable bonds is 7. The topological polar surface area (TPSA) is 76.6 Å². The number of amides is 1. The van der Waals surface area contributed by atoms with E-state index in [1.165, 1.54) is 17.5 Å². The number of carbonyl (C=O) groups is 1. The summed E-state index contributed by atoms with van der Waals surface area (Å²) in [5.74, 6) is 0.623. The molecular weight excluding hydrogens is 400 g/mol. The van der Waals surface area contributed by atoms with Gasteiger partial charge < -0.3 is 9.47 Å². The normalized spacial score (nSPS) is 14.4. The van der Waals surface area contributed by atoms with E-state index in [2.05, 4.69) is 20.2 Å². The summed E-state index contributed by atoms with van der Waals surface area (Å²) in [6.07, 6.45) is 3.17. The van der Waals surface area contributed by atoms with E-state index in [0.717, 1.165) is 54.7 Å². The molecule has 1 saturated heterocycles. The van der Waals surface area contributed by atoms with Crippen LogP contribution >= 0.6 is 11.3 Å². The number of pyridine rings is 1. The monoisotopic (exact) mass is 424 g/mol. The largest absolute Gasteiger partial charge is 0.492 e. The van der Waals surface area contributed by atoms with Gasteiger partial charge in [0.05, 0.1) is 24.5 Å². The number of thiazole rings is 1. The molecule has 4 rings (SSSR count). The highest BCUT2D eigenvalue weighted by Gasteiger charge is 2.14. The zero-order chi connectivity index (χ0) is 20.8. The Bertz CT molecular complexity index is 970. The highest BCUT2D eigenvalue weighted by atomic mass is 32.1. The van der Waals surface area contributed by atoms with Crippen LogP contribution in [0.1, 0.15) is 15.2 Å². The number of hydrogen-bond acceptors (Lipinski definition) is 7. The number of nitrogens with one attached hydrogen (secondary N) is 1. The Hall–Kier alpha value is -2.81. The molecule has 3 heterocycles. The van der Waals surface area contributed by atoms with Gasteiger partial charge in [-0.1, -0.05) is 0 Å². The van der Waals surface area contributed by atoms with Gasteiger partial charge in [0.1, 0.15) is 12.4 Å². The standard InChI is InChI=1S/C22H24N4O3S/c1-16-20(24-22(30-16)25-21(27)18-3-2-8-23-15-18)17-4-6-19(7-5-17)29-14-11-26-9-12-28-13-10-26/h2-8,15H,9-14H2,1H3,(H,24,25,27). The minimum atomic E-state index is -0.215. The molecule has 30 heavy (non-hydrogen) atoms. The molecule has 8 heteroatoms. The second kappa shape index (κ2) is 9.80. The molecule has 0 radical (unpaired) electrons. The fourth-order valence-corrected chi connectivity index (χ4v) is 4.04. The van der Waals surface area contributed by atoms with E-state index in [1.807, 2.05) is 31.2 Å². The van der Waals surface area contributed by atoms with Gasteiger partial charge in [0.15, 0.2) is 5.13 Å². The smallest absolute Gasteiger partial charge is 0.259 e. The van der Waals surface area contributed by atoms with E-state index >= 15 is 0 Å². The molecule has 156 valence electrons. The van der Waals surface area contributed by atoms with Gasteiger partial charge in [0.2, 0.25) is 0 Å². The van der Waals surface area contributed by atoms with Crippen molar-refractivity contribution in [3.05, 3.63) is 59.2 Å². The minimum Gasteiger partial charge on any atom is -0.492 e. The number of morpholine rings is 1. The lowest BCUT2D eigenvalue weighted by atomic mass is 10.1. The van der Waals surface area contributed by atoms with E-state index in [-0.39, 0.29) is 5.91 Å². The first-order valence-electron chi connectivity index (χ1n) is 9.91. The molecule has 1 aromatic carbocycles. The third-order valence-electron chi connectivity index (χ3n) is 4.85. The molecule has 0 atom stereocenters. The van der Waals surface area contributed by atoms with Crippen molar-refractivity contribution < 1.29 is 14.3 Å². The second-order valence-corrected chi connectivity index (χ2v) is 8.15. The van der Waals surface area contributed by atoms with Crippen LogP contribution in [0.2, 0.25) is 0 Å². The number of aromatic nitrogens is 2. The van der Waals surface area contributed by atoms with Gasteiger partial charge in [-0.3, -0.25) is 20.0 Å². The van der Waals surface area contributed by atoms with Gasteiger partial charge >= 0.3 is 0 Å². The molecule has 1 amide bonds. The van der Waals surface area contributed by atoms with Crippen molar-refractivity contribution in [3.63, 3.8) is 0 Å². The number of ether oxygens (including phenoxy) is 2. The first kappa shape index (κ1) is 20.5. The van der Waals surface area contributed by atoms with Crippen LogP contribution in [0.5, 0.6) is 5.75 Å². The number of anilines is 1. The first-order chi connectivity index (χ1) is 14.7. The van der Waals surface area contributed by atoms with Crippen LogP contribution in [-0.4, -0.2) is 60.2 Å². The molecule has 1 aliphatic rings. The van der Waals surface area contributed by atoms with E-state index in [0.29, 0.717) is 17.3 Å². The number of carbonyl (C=O) groups excluding carboxylic acids is 1. The molecular formula is C22H24N4O3S. The summed E-state index contributed by atoms with van der Waals surface area (Å²) in [5, 5.41) is 3.42. The molecule has 0 unspecified atom stereocenters. The predicted molar refractivity (Wildman–Crippen MR) is 117 cm³/mol. The quantitative estimate of drug-likeness (QED) is 0.626. The van der Waals surface area contributed by atoms with Gasteiger partial charge in [-0.2, -0.15) is 0 Å². The van der Waals surface area contributed by atoms with Crippen molar-refractivity contribution in [2.75, 3.05) is 44.8 Å². The van der Waals surface area contributed by atoms with Crippen molar-refractivity contribution in [2.45, 2.75) is 6.92 Å². The average molecular weight is 425 g/mol. The van der Waals surface area contributed by atoms with Crippen molar-refractivity contribution in [2.24, 2.45) is 0 Å². The molecule has 7 nitrogen and oxygen atoms in total. The van der Waals surface area contributed by atoms with E-state index in [1.54, 1.807) is 18.3 Å². The van der Waals surface area contributed by atoms with Crippen LogP contribution in [0.4, 0.5) is 5.13 Å². The molecule has 2 aromatic heterocycles. The van der Waals surface area contributed by atoms with Crippen molar-refractivity contribution in [3.8, 4) is 17.0 Å². The predicted octanol–water partition coefficient (Wildman–Crippen LogP) is 3.48. The first-order valence-corrected chi connectivity index (χ1v) is 10.7. The van der Waals surface area contributed by atoms with Gasteiger partial charge in [0, 0.05) is 42.5 Å². The Balaban J connectivity index is 1.35. The Morgan fingerprint density at radius 2 is 2.03 bits per heavy atom. The molecule has 1 fully saturated rings. The van der Waals surface area contributed by atoms with Crippen LogP contribution in [0.3, 0.4) is 0 Å². The van der Waals surface area contributed by atoms with Crippen LogP contribution in [0.25, 0.3) is 11.3 Å². The molecule has 0 saturated carbocycles. The van der Waals surface area contributed by atoms with Gasteiger partial charge in [-0.15, -0.1) is 11.3 Å². The van der Waals surface area contributed by atoms with Gasteiger partial charge in [-0.25, -0.2) is 4.98 Å². The Labute approximate surface area is 179 Å². The van der Waals surface area contributed by atoms with Crippen molar-refractivity contribution in [1.82, 2.24) is 14.9 Å². The van der Waals surface area contributed by atoms with Crippen LogP contribution in [0.15, 0.2) is 48.8 Å². The summed E-state index contributed by atoms with van der Waals surface area (Å²) < 4.78 is 11.2. The summed E-state index contributed by atoms with van der Waals surface area (Å²) in [6.45, 7) is 7.07. The lowest BCUT2D eigenvalue weighted by Crippen LogP contribution is -2.38. The van der Waals surface area contributed by atoms with Crippen LogP contribution in [0, 0.1) is 6.92 Å². The molecule has 0 bridgehead atoms. The Kier molecular flexibility index (Phi) is 6.68. The lowest BCUT2D eigenvalue weighted by Gasteiger charge is -2.26. The number of hydrogen-bond donors (Lipinski definition) is 1. The highest BCUT2D eigenvalue weighted by Crippen LogP contribution is 2.31. The third-order valence-corrected chi connectivity index (χ3v) is 5.73. The maximum atomic E-state index is 12.3. The van der Waals surface area contributed by atoms with Gasteiger partial charge in [0.25, 0.3) is 5.91 Å². The van der Waals surface area contributed by atoms with Crippen molar-refractivity contribution >= 4 is 22.4 Å². The van der Waals surface area contributed by atoms with E-state index < -0.39 is 0 Å². The number of benzene rings is 1. The second-order valence-electron chi connectivity index (χ2n) is 6.95. The van der Waals surface area contributed by atoms with Crippen LogP contribution in [-0.2, 0) is 4.74 Å². The molecule has 3 aromatic rings. The summed E-state index contributed by atoms with van der Waals surface area (Å²) in [6, 6.07) is 11.4. The maximum absolute atomic E-state index is 12.3. The zero-order valence-corrected chi connectivity index (χ0v) is 17.7. The lowest BCUT2D eigenvalue weighted by molar-refractivity contribution is 0.0322. The van der Waals surface area contributed by atoms with E-state index in [9.17, 15) is 4.79 Å². The van der Waals surface area contributed by atoms with E-state index in [4.69, 9.17) is 9.47 Å². The molecule has 0 aliphatic carbocycles. The summed E-state index contributed by atoms with van der Waals surface area (Å²) in [7, 11) is 0. The molecule has 1 N–H and O–H groups in total. The highest BCUT2D eigenvalue weighted by molar-refractivity contribution is 7.16. The Morgan fingerprint density at radius 1 is 1.23 bits per heavy atom. The number of aryl methyl sites for hydroxylation is 1. The minimum absolute atomic E-state index is 0.215. The zero-order valence-electron chi connectivity index (χ0n) is 16.8. The van der Waals surface area contributed by atoms with Crippen LogP contribution < -0.4 is 10.1 Å². The fraction of sp³-hybridized carbons (Fsp3) is 0.318. The Morgan fingerprint density at radius 3 is 2.77 bits per heavy atom. The average Bonchev–Trinajstić information content (AvgIpc) is 3.15. The van der Waals surface area contributed by atoms with Crippen molar-refractivity contribution in [1.29, 1.82) is 0 Å². The number of nitrogens with zero attached hydrogens (tertiary/aromatic N) is 3. The summed E-state index contributed by atoms with van der Waals surface area (Å²) in [5.41, 5.74) is 2.36. The SMILES string of the molecule is Cc1sc(NC(=O)c2cccnc2)nc1-c1ccc(OCCN2CCOCC2)cc1. The molecule has 0 spiro atoms. The van der Waals surface area contributed by atoms with Gasteiger partial charge in [-0.05, 0) is 43.3 Å².